The van der Waals surface area contributed by atoms with Crippen molar-refractivity contribution in [2.75, 3.05) is 37.7 Å². The Labute approximate surface area is 145 Å². The number of hydrogen-bond donors (Lipinski definition) is 0. The fraction of sp³-hybridized carbons (Fsp3) is 0.529. The molecule has 132 valence electrons. The Hall–Kier alpha value is -2.48. The molecule has 8 nitrogen and oxygen atoms in total. The summed E-state index contributed by atoms with van der Waals surface area (Å²) < 4.78 is 10.9. The summed E-state index contributed by atoms with van der Waals surface area (Å²) in [6.07, 6.45) is 5.41. The van der Waals surface area contributed by atoms with E-state index >= 15 is 0 Å². The standard InChI is InChI=1S/C17H21N5O3/c1-12-15(25-11-19-12)17(23)22-8-9-24-10-13(22)16-18-5-4-14(20-16)21-6-2-3-7-21/h4-5,11,13H,2-3,6-10H2,1H3/t13-/m0/s1. The SMILES string of the molecule is Cc1ncoc1C(=O)N1CCOC[C@H]1c1nccc(N2CCCC2)n1. The first kappa shape index (κ1) is 16.0. The second-order valence-electron chi connectivity index (χ2n) is 6.32. The minimum Gasteiger partial charge on any atom is -0.438 e. The van der Waals surface area contributed by atoms with Crippen molar-refractivity contribution in [3.8, 4) is 0 Å². The van der Waals surface area contributed by atoms with Crippen LogP contribution in [0.5, 0.6) is 0 Å². The molecule has 2 aromatic heterocycles. The quantitative estimate of drug-likeness (QED) is 0.836. The van der Waals surface area contributed by atoms with Gasteiger partial charge in [-0.2, -0.15) is 0 Å². The Morgan fingerprint density at radius 2 is 2.08 bits per heavy atom. The van der Waals surface area contributed by atoms with Gasteiger partial charge < -0.3 is 19.0 Å². The molecule has 25 heavy (non-hydrogen) atoms. The van der Waals surface area contributed by atoms with Crippen molar-refractivity contribution in [3.63, 3.8) is 0 Å². The molecule has 0 saturated carbocycles. The molecule has 2 aromatic rings. The first-order valence-corrected chi connectivity index (χ1v) is 8.61. The molecule has 1 amide bonds. The molecular formula is C17H21N5O3. The maximum absolute atomic E-state index is 12.9. The summed E-state index contributed by atoms with van der Waals surface area (Å²) in [6.45, 7) is 5.12. The second-order valence-corrected chi connectivity index (χ2v) is 6.32. The normalized spacial score (nSPS) is 20.9. The number of hydrogen-bond acceptors (Lipinski definition) is 7. The fourth-order valence-electron chi connectivity index (χ4n) is 3.34. The van der Waals surface area contributed by atoms with Crippen LogP contribution < -0.4 is 4.90 Å². The lowest BCUT2D eigenvalue weighted by molar-refractivity contribution is -0.00678. The van der Waals surface area contributed by atoms with Gasteiger partial charge in [-0.15, -0.1) is 0 Å². The lowest BCUT2D eigenvalue weighted by Gasteiger charge is -2.34. The van der Waals surface area contributed by atoms with Crippen molar-refractivity contribution in [1.82, 2.24) is 19.9 Å². The summed E-state index contributed by atoms with van der Waals surface area (Å²) in [7, 11) is 0. The molecule has 4 heterocycles. The molecule has 0 bridgehead atoms. The summed E-state index contributed by atoms with van der Waals surface area (Å²) in [6, 6.07) is 1.60. The van der Waals surface area contributed by atoms with Gasteiger partial charge in [0.15, 0.2) is 12.2 Å². The van der Waals surface area contributed by atoms with Gasteiger partial charge in [0, 0.05) is 25.8 Å². The van der Waals surface area contributed by atoms with Crippen LogP contribution in [0.4, 0.5) is 5.82 Å². The van der Waals surface area contributed by atoms with Gasteiger partial charge in [-0.3, -0.25) is 4.79 Å². The highest BCUT2D eigenvalue weighted by Crippen LogP contribution is 2.26. The molecule has 0 aromatic carbocycles. The maximum atomic E-state index is 12.9. The molecule has 8 heteroatoms. The molecule has 0 N–H and O–H groups in total. The van der Waals surface area contributed by atoms with E-state index in [4.69, 9.17) is 14.1 Å². The predicted molar refractivity (Wildman–Crippen MR) is 89.3 cm³/mol. The molecule has 0 spiro atoms. The van der Waals surface area contributed by atoms with E-state index < -0.39 is 0 Å². The van der Waals surface area contributed by atoms with E-state index in [-0.39, 0.29) is 17.7 Å². The lowest BCUT2D eigenvalue weighted by Crippen LogP contribution is -2.44. The fourth-order valence-corrected chi connectivity index (χ4v) is 3.34. The summed E-state index contributed by atoms with van der Waals surface area (Å²) in [5.41, 5.74) is 0.585. The topological polar surface area (TPSA) is 84.6 Å². The van der Waals surface area contributed by atoms with Crippen LogP contribution in [-0.4, -0.2) is 58.6 Å². The van der Waals surface area contributed by atoms with Gasteiger partial charge in [-0.25, -0.2) is 15.0 Å². The van der Waals surface area contributed by atoms with Gasteiger partial charge in [0.25, 0.3) is 5.91 Å². The third kappa shape index (κ3) is 3.09. The number of amides is 1. The molecule has 2 fully saturated rings. The number of nitrogens with zero attached hydrogens (tertiary/aromatic N) is 5. The smallest absolute Gasteiger partial charge is 0.292 e. The molecule has 1 atom stereocenters. The van der Waals surface area contributed by atoms with Crippen LogP contribution in [0.15, 0.2) is 23.1 Å². The van der Waals surface area contributed by atoms with Crippen LogP contribution in [0.3, 0.4) is 0 Å². The first-order valence-electron chi connectivity index (χ1n) is 8.61. The molecule has 0 radical (unpaired) electrons. The Morgan fingerprint density at radius 1 is 1.24 bits per heavy atom. The van der Waals surface area contributed by atoms with Gasteiger partial charge in [0.05, 0.1) is 18.9 Å². The van der Waals surface area contributed by atoms with E-state index in [9.17, 15) is 4.79 Å². The highest BCUT2D eigenvalue weighted by atomic mass is 16.5. The Kier molecular flexibility index (Phi) is 4.35. The number of oxazole rings is 1. The van der Waals surface area contributed by atoms with Gasteiger partial charge in [-0.1, -0.05) is 0 Å². The van der Waals surface area contributed by atoms with E-state index in [0.717, 1.165) is 18.9 Å². The van der Waals surface area contributed by atoms with Crippen LogP contribution in [0.2, 0.25) is 0 Å². The highest BCUT2D eigenvalue weighted by Gasteiger charge is 2.34. The summed E-state index contributed by atoms with van der Waals surface area (Å²) in [5.74, 6) is 1.59. The summed E-state index contributed by atoms with van der Waals surface area (Å²) >= 11 is 0. The van der Waals surface area contributed by atoms with Crippen molar-refractivity contribution in [2.24, 2.45) is 0 Å². The van der Waals surface area contributed by atoms with Gasteiger partial charge in [0.2, 0.25) is 5.76 Å². The van der Waals surface area contributed by atoms with Crippen LogP contribution in [0.1, 0.15) is 41.0 Å². The largest absolute Gasteiger partial charge is 0.438 e. The molecule has 2 saturated heterocycles. The third-order valence-electron chi connectivity index (χ3n) is 4.72. The number of carbonyl (C=O) groups is 1. The van der Waals surface area contributed by atoms with E-state index in [2.05, 4.69) is 14.9 Å². The van der Waals surface area contributed by atoms with Gasteiger partial charge in [0.1, 0.15) is 11.9 Å². The zero-order valence-corrected chi connectivity index (χ0v) is 14.2. The lowest BCUT2D eigenvalue weighted by atomic mass is 10.2. The van der Waals surface area contributed by atoms with Crippen LogP contribution in [-0.2, 0) is 4.74 Å². The van der Waals surface area contributed by atoms with Crippen molar-refractivity contribution in [2.45, 2.75) is 25.8 Å². The minimum atomic E-state index is -0.326. The van der Waals surface area contributed by atoms with Crippen LogP contribution >= 0.6 is 0 Å². The molecule has 4 rings (SSSR count). The molecule has 2 aliphatic rings. The molecule has 0 aliphatic carbocycles. The zero-order valence-electron chi connectivity index (χ0n) is 14.2. The van der Waals surface area contributed by atoms with Crippen molar-refractivity contribution < 1.29 is 13.9 Å². The summed E-state index contributed by atoms with van der Waals surface area (Å²) in [5, 5.41) is 0. The molecule has 2 aliphatic heterocycles. The number of rotatable bonds is 3. The minimum absolute atomic E-state index is 0.196. The zero-order chi connectivity index (χ0) is 17.2. The van der Waals surface area contributed by atoms with Crippen molar-refractivity contribution >= 4 is 11.7 Å². The van der Waals surface area contributed by atoms with Crippen molar-refractivity contribution in [1.29, 1.82) is 0 Å². The van der Waals surface area contributed by atoms with Crippen LogP contribution in [0.25, 0.3) is 0 Å². The molecular weight excluding hydrogens is 322 g/mol. The average molecular weight is 343 g/mol. The van der Waals surface area contributed by atoms with Gasteiger partial charge in [-0.05, 0) is 25.8 Å². The van der Waals surface area contributed by atoms with Crippen LogP contribution in [0, 0.1) is 6.92 Å². The van der Waals surface area contributed by atoms with Gasteiger partial charge >= 0.3 is 0 Å². The van der Waals surface area contributed by atoms with Crippen molar-refractivity contribution in [3.05, 3.63) is 35.9 Å². The predicted octanol–water partition coefficient (Wildman–Crippen LogP) is 1.59. The van der Waals surface area contributed by atoms with E-state index in [1.165, 1.54) is 19.2 Å². The van der Waals surface area contributed by atoms with E-state index in [1.54, 1.807) is 18.0 Å². The number of ether oxygens (including phenoxy) is 1. The Bertz CT molecular complexity index is 756. The first-order chi connectivity index (χ1) is 12.2. The van der Waals surface area contributed by atoms with E-state index in [1.807, 2.05) is 6.07 Å². The third-order valence-corrected chi connectivity index (χ3v) is 4.72. The Morgan fingerprint density at radius 3 is 2.84 bits per heavy atom. The van der Waals surface area contributed by atoms with E-state index in [0.29, 0.717) is 31.3 Å². The molecule has 0 unspecified atom stereocenters. The number of aryl methyl sites for hydroxylation is 1. The number of anilines is 1. The second kappa shape index (κ2) is 6.79. The average Bonchev–Trinajstić information content (AvgIpc) is 3.33. The summed E-state index contributed by atoms with van der Waals surface area (Å²) in [4.78, 5) is 30.0. The maximum Gasteiger partial charge on any atom is 0.292 e. The Balaban J connectivity index is 1.62. The highest BCUT2D eigenvalue weighted by molar-refractivity contribution is 5.92. The number of aromatic nitrogens is 3. The monoisotopic (exact) mass is 343 g/mol. The number of carbonyl (C=O) groups excluding carboxylic acids is 1. The number of morpholine rings is 1.